The zero-order valence-corrected chi connectivity index (χ0v) is 9.61. The monoisotopic (exact) mass is 218 g/mol. The van der Waals surface area contributed by atoms with Gasteiger partial charge in [0.25, 0.3) is 5.91 Å². The zero-order chi connectivity index (χ0) is 12.0. The topological polar surface area (TPSA) is 58.1 Å². The number of carbonyl (C=O) groups is 1. The molecule has 0 aliphatic heterocycles. The van der Waals surface area contributed by atoms with Gasteiger partial charge in [0, 0.05) is 14.1 Å². The van der Waals surface area contributed by atoms with Gasteiger partial charge in [0.1, 0.15) is 5.82 Å². The van der Waals surface area contributed by atoms with Crippen molar-refractivity contribution in [1.29, 1.82) is 0 Å². The van der Waals surface area contributed by atoms with Crippen molar-refractivity contribution in [2.24, 2.45) is 0 Å². The summed E-state index contributed by atoms with van der Waals surface area (Å²) in [5, 5.41) is 2.60. The van der Waals surface area contributed by atoms with Gasteiger partial charge in [-0.2, -0.15) is 0 Å². The first-order valence-electron chi connectivity index (χ1n) is 4.82. The van der Waals surface area contributed by atoms with E-state index in [0.29, 0.717) is 12.4 Å². The summed E-state index contributed by atoms with van der Waals surface area (Å²) >= 11 is 0. The molecule has 1 aromatic heterocycles. The molecular formula is C11H14N4O. The number of aromatic nitrogens is 2. The van der Waals surface area contributed by atoms with Crippen molar-refractivity contribution < 1.29 is 4.79 Å². The molecule has 0 aromatic carbocycles. The van der Waals surface area contributed by atoms with Crippen LogP contribution in [0.5, 0.6) is 0 Å². The van der Waals surface area contributed by atoms with Crippen LogP contribution in [0.1, 0.15) is 12.7 Å². The Bertz CT molecular complexity index is 414. The van der Waals surface area contributed by atoms with Crippen molar-refractivity contribution in [1.82, 2.24) is 15.3 Å². The van der Waals surface area contributed by atoms with Crippen molar-refractivity contribution in [2.45, 2.75) is 13.5 Å². The summed E-state index contributed by atoms with van der Waals surface area (Å²) in [4.78, 5) is 21.2. The molecule has 0 atom stereocenters. The lowest BCUT2D eigenvalue weighted by atomic mass is 10.4. The highest BCUT2D eigenvalue weighted by molar-refractivity contribution is 5.93. The first kappa shape index (κ1) is 12.0. The third kappa shape index (κ3) is 3.58. The molecule has 0 saturated carbocycles. The van der Waals surface area contributed by atoms with Gasteiger partial charge in [0.2, 0.25) is 0 Å². The minimum absolute atomic E-state index is 0.293. The average Bonchev–Trinajstić information content (AvgIpc) is 2.27. The van der Waals surface area contributed by atoms with E-state index in [9.17, 15) is 4.79 Å². The minimum atomic E-state index is -0.317. The number of amides is 1. The molecule has 0 aliphatic carbocycles. The fourth-order valence-electron chi connectivity index (χ4n) is 0.987. The average molecular weight is 218 g/mol. The lowest BCUT2D eigenvalue weighted by molar-refractivity contribution is -0.115. The molecule has 84 valence electrons. The number of hydrogen-bond donors (Lipinski definition) is 1. The molecule has 5 nitrogen and oxygen atoms in total. The van der Waals surface area contributed by atoms with Crippen LogP contribution in [0, 0.1) is 11.8 Å². The Labute approximate surface area is 94.9 Å². The van der Waals surface area contributed by atoms with Crippen molar-refractivity contribution in [3.63, 3.8) is 0 Å². The summed E-state index contributed by atoms with van der Waals surface area (Å²) in [6, 6.07) is 0. The summed E-state index contributed by atoms with van der Waals surface area (Å²) in [5.74, 6) is 5.15. The van der Waals surface area contributed by atoms with Crippen molar-refractivity contribution in [2.75, 3.05) is 19.0 Å². The maximum Gasteiger partial charge on any atom is 0.296 e. The molecule has 1 rings (SSSR count). The van der Waals surface area contributed by atoms with E-state index >= 15 is 0 Å². The largest absolute Gasteiger partial charge is 0.375 e. The third-order valence-electron chi connectivity index (χ3n) is 1.85. The van der Waals surface area contributed by atoms with Gasteiger partial charge in [-0.05, 0) is 12.8 Å². The molecule has 0 radical (unpaired) electrons. The van der Waals surface area contributed by atoms with Gasteiger partial charge in [-0.1, -0.05) is 5.92 Å². The van der Waals surface area contributed by atoms with Gasteiger partial charge < -0.3 is 10.2 Å². The maximum atomic E-state index is 11.0. The lowest BCUT2D eigenvalue weighted by Gasteiger charge is -2.10. The Balaban J connectivity index is 2.55. The van der Waals surface area contributed by atoms with Crippen LogP contribution >= 0.6 is 0 Å². The highest BCUT2D eigenvalue weighted by atomic mass is 16.1. The SMILES string of the molecule is CC#CC(=O)NCc1ncc(N(C)C)cn1. The van der Waals surface area contributed by atoms with Crippen LogP contribution in [-0.2, 0) is 11.3 Å². The van der Waals surface area contributed by atoms with E-state index in [1.807, 2.05) is 19.0 Å². The number of hydrogen-bond acceptors (Lipinski definition) is 4. The second-order valence-corrected chi connectivity index (χ2v) is 3.31. The Morgan fingerprint density at radius 3 is 2.56 bits per heavy atom. The van der Waals surface area contributed by atoms with Crippen LogP contribution in [0.3, 0.4) is 0 Å². The van der Waals surface area contributed by atoms with Crippen molar-refractivity contribution >= 4 is 11.6 Å². The molecule has 0 unspecified atom stereocenters. The number of rotatable bonds is 3. The zero-order valence-electron chi connectivity index (χ0n) is 9.61. The maximum absolute atomic E-state index is 11.0. The summed E-state index contributed by atoms with van der Waals surface area (Å²) in [6.07, 6.45) is 3.42. The van der Waals surface area contributed by atoms with E-state index < -0.39 is 0 Å². The van der Waals surface area contributed by atoms with Crippen LogP contribution in [0.25, 0.3) is 0 Å². The van der Waals surface area contributed by atoms with Gasteiger partial charge in [-0.15, -0.1) is 0 Å². The molecule has 1 amide bonds. The Hall–Kier alpha value is -2.09. The standard InChI is InChI=1S/C11H14N4O/c1-4-5-11(16)14-8-10-12-6-9(7-13-10)15(2)3/h6-7H,8H2,1-3H3,(H,14,16). The number of carbonyl (C=O) groups excluding carboxylic acids is 1. The fraction of sp³-hybridized carbons (Fsp3) is 0.364. The Kier molecular flexibility index (Phi) is 4.28. The number of nitrogens with zero attached hydrogens (tertiary/aromatic N) is 3. The van der Waals surface area contributed by atoms with Crippen LogP contribution in [-0.4, -0.2) is 30.0 Å². The van der Waals surface area contributed by atoms with Crippen LogP contribution in [0.15, 0.2) is 12.4 Å². The summed E-state index contributed by atoms with van der Waals surface area (Å²) in [7, 11) is 3.83. The normalized spacial score (nSPS) is 8.94. The van der Waals surface area contributed by atoms with E-state index in [0.717, 1.165) is 5.69 Å². The summed E-state index contributed by atoms with van der Waals surface area (Å²) in [6.45, 7) is 1.91. The molecule has 16 heavy (non-hydrogen) atoms. The van der Waals surface area contributed by atoms with Crippen LogP contribution in [0.4, 0.5) is 5.69 Å². The molecule has 0 spiro atoms. The fourth-order valence-corrected chi connectivity index (χ4v) is 0.987. The van der Waals surface area contributed by atoms with Crippen LogP contribution < -0.4 is 10.2 Å². The van der Waals surface area contributed by atoms with Crippen molar-refractivity contribution in [3.05, 3.63) is 18.2 Å². The Morgan fingerprint density at radius 1 is 1.44 bits per heavy atom. The van der Waals surface area contributed by atoms with E-state index in [1.165, 1.54) is 0 Å². The highest BCUT2D eigenvalue weighted by Gasteiger charge is 2.00. The summed E-state index contributed by atoms with van der Waals surface area (Å²) < 4.78 is 0. The van der Waals surface area contributed by atoms with Crippen LogP contribution in [0.2, 0.25) is 0 Å². The minimum Gasteiger partial charge on any atom is -0.375 e. The second kappa shape index (κ2) is 5.71. The molecule has 0 fully saturated rings. The lowest BCUT2D eigenvalue weighted by Crippen LogP contribution is -2.22. The molecule has 5 heteroatoms. The molecule has 0 bridgehead atoms. The summed E-state index contributed by atoms with van der Waals surface area (Å²) in [5.41, 5.74) is 0.920. The first-order valence-corrected chi connectivity index (χ1v) is 4.82. The predicted octanol–water partition coefficient (Wildman–Crippen LogP) is 0.182. The molecule has 0 aliphatic rings. The molecule has 1 heterocycles. The quantitative estimate of drug-likeness (QED) is 0.735. The van der Waals surface area contributed by atoms with Crippen molar-refractivity contribution in [3.8, 4) is 11.8 Å². The second-order valence-electron chi connectivity index (χ2n) is 3.31. The number of nitrogens with one attached hydrogen (secondary N) is 1. The number of anilines is 1. The first-order chi connectivity index (χ1) is 7.63. The molecule has 1 N–H and O–H groups in total. The molecular weight excluding hydrogens is 204 g/mol. The molecule has 1 aromatic rings. The predicted molar refractivity (Wildman–Crippen MR) is 61.7 cm³/mol. The van der Waals surface area contributed by atoms with Gasteiger partial charge in [0.15, 0.2) is 0 Å². The van der Waals surface area contributed by atoms with Gasteiger partial charge in [0.05, 0.1) is 24.6 Å². The van der Waals surface area contributed by atoms with E-state index in [-0.39, 0.29) is 5.91 Å². The third-order valence-corrected chi connectivity index (χ3v) is 1.85. The van der Waals surface area contributed by atoms with Gasteiger partial charge >= 0.3 is 0 Å². The van der Waals surface area contributed by atoms with E-state index in [2.05, 4.69) is 27.1 Å². The van der Waals surface area contributed by atoms with E-state index in [4.69, 9.17) is 0 Å². The van der Waals surface area contributed by atoms with Gasteiger partial charge in [-0.25, -0.2) is 9.97 Å². The molecule has 0 saturated heterocycles. The van der Waals surface area contributed by atoms with E-state index in [1.54, 1.807) is 19.3 Å². The highest BCUT2D eigenvalue weighted by Crippen LogP contribution is 2.05. The van der Waals surface area contributed by atoms with Gasteiger partial charge in [-0.3, -0.25) is 4.79 Å². The Morgan fingerprint density at radius 2 is 2.06 bits per heavy atom. The smallest absolute Gasteiger partial charge is 0.296 e.